The number of amides is 1. The van der Waals surface area contributed by atoms with Crippen LogP contribution in [0.25, 0.3) is 11.1 Å². The summed E-state index contributed by atoms with van der Waals surface area (Å²) in [6, 6.07) is 15.6. The standard InChI is InChI=1S/C28H27N3O4/c1-17-25(18(2)35-31-17)20-9-10-24-23(14-20)28(27(33)30-24,22-7-5-4-6-8-22)15-21(26(32)34-3)13-19-11-12-29-16-19/h4-10,12,14,16,21H,11,13,15H2,1-3H3,(H,30,33)/t21-,28?/m1/s1. The molecule has 0 bridgehead atoms. The molecule has 0 saturated carbocycles. The molecule has 0 fully saturated rings. The summed E-state index contributed by atoms with van der Waals surface area (Å²) in [5.41, 5.74) is 4.99. The normalized spacial score (nSPS) is 19.3. The number of anilines is 1. The molecule has 7 nitrogen and oxygen atoms in total. The summed E-state index contributed by atoms with van der Waals surface area (Å²) >= 11 is 0. The number of allylic oxidation sites excluding steroid dienone is 1. The van der Waals surface area contributed by atoms with Gasteiger partial charge in [0.25, 0.3) is 0 Å². The molecule has 1 unspecified atom stereocenters. The smallest absolute Gasteiger partial charge is 0.309 e. The van der Waals surface area contributed by atoms with Crippen molar-refractivity contribution in [3.05, 3.63) is 82.9 Å². The summed E-state index contributed by atoms with van der Waals surface area (Å²) in [5.74, 6) is -0.297. The number of carbonyl (C=O) groups is 2. The van der Waals surface area contributed by atoms with E-state index in [1.54, 1.807) is 6.20 Å². The number of ether oxygens (including phenoxy) is 1. The third-order valence-corrected chi connectivity index (χ3v) is 7.02. The summed E-state index contributed by atoms with van der Waals surface area (Å²) < 4.78 is 10.6. The molecule has 2 aromatic carbocycles. The molecular formula is C28H27N3O4. The van der Waals surface area contributed by atoms with Gasteiger partial charge in [-0.25, -0.2) is 0 Å². The van der Waals surface area contributed by atoms with Crippen molar-refractivity contribution in [2.75, 3.05) is 12.4 Å². The highest BCUT2D eigenvalue weighted by Gasteiger charge is 2.50. The molecule has 0 saturated heterocycles. The van der Waals surface area contributed by atoms with Crippen LogP contribution in [0.5, 0.6) is 0 Å². The Morgan fingerprint density at radius 1 is 1.20 bits per heavy atom. The molecule has 1 N–H and O–H groups in total. The second-order valence-corrected chi connectivity index (χ2v) is 9.14. The van der Waals surface area contributed by atoms with E-state index in [1.807, 2.05) is 68.6 Å². The topological polar surface area (TPSA) is 93.8 Å². The first kappa shape index (κ1) is 22.8. The first-order chi connectivity index (χ1) is 16.9. The third-order valence-electron chi connectivity index (χ3n) is 7.02. The summed E-state index contributed by atoms with van der Waals surface area (Å²) in [6.07, 6.45) is 5.07. The number of aromatic nitrogens is 1. The zero-order valence-corrected chi connectivity index (χ0v) is 20.0. The molecule has 2 aliphatic rings. The van der Waals surface area contributed by atoms with Gasteiger partial charge < -0.3 is 14.6 Å². The van der Waals surface area contributed by atoms with Crippen molar-refractivity contribution in [2.45, 2.75) is 38.5 Å². The van der Waals surface area contributed by atoms with Crippen molar-refractivity contribution in [2.24, 2.45) is 10.9 Å². The molecule has 7 heteroatoms. The number of methoxy groups -OCH3 is 1. The lowest BCUT2D eigenvalue weighted by atomic mass is 9.68. The van der Waals surface area contributed by atoms with Crippen LogP contribution in [0, 0.1) is 19.8 Å². The number of nitrogens with one attached hydrogen (secondary N) is 1. The predicted octanol–water partition coefficient (Wildman–Crippen LogP) is 5.12. The molecule has 1 aromatic heterocycles. The number of carbonyl (C=O) groups excluding carboxylic acids is 2. The van der Waals surface area contributed by atoms with Gasteiger partial charge in [-0.15, -0.1) is 0 Å². The van der Waals surface area contributed by atoms with Gasteiger partial charge in [-0.3, -0.25) is 14.6 Å². The molecule has 5 rings (SSSR count). The Morgan fingerprint density at radius 3 is 2.66 bits per heavy atom. The molecule has 3 aromatic rings. The predicted molar refractivity (Wildman–Crippen MR) is 133 cm³/mol. The number of aryl methyl sites for hydroxylation is 2. The number of hydrogen-bond acceptors (Lipinski definition) is 6. The maximum Gasteiger partial charge on any atom is 0.309 e. The van der Waals surface area contributed by atoms with Gasteiger partial charge in [0.15, 0.2) is 0 Å². The quantitative estimate of drug-likeness (QED) is 0.485. The largest absolute Gasteiger partial charge is 0.469 e. The first-order valence-electron chi connectivity index (χ1n) is 11.7. The maximum absolute atomic E-state index is 13.8. The van der Waals surface area contributed by atoms with Gasteiger partial charge in [0.05, 0.1) is 18.7 Å². The lowest BCUT2D eigenvalue weighted by Crippen LogP contribution is -2.39. The van der Waals surface area contributed by atoms with Crippen molar-refractivity contribution in [1.29, 1.82) is 0 Å². The second-order valence-electron chi connectivity index (χ2n) is 9.14. The van der Waals surface area contributed by atoms with Crippen molar-refractivity contribution in [1.82, 2.24) is 5.16 Å². The van der Waals surface area contributed by atoms with E-state index in [2.05, 4.69) is 15.5 Å². The number of nitrogens with zero attached hydrogens (tertiary/aromatic N) is 2. The minimum absolute atomic E-state index is 0.153. The number of rotatable bonds is 7. The lowest BCUT2D eigenvalue weighted by molar-refractivity contribution is -0.146. The fourth-order valence-electron chi connectivity index (χ4n) is 5.35. The highest BCUT2D eigenvalue weighted by molar-refractivity contribution is 6.09. The second kappa shape index (κ2) is 8.98. The van der Waals surface area contributed by atoms with Crippen molar-refractivity contribution < 1.29 is 18.8 Å². The van der Waals surface area contributed by atoms with Crippen LogP contribution in [0.4, 0.5) is 5.69 Å². The monoisotopic (exact) mass is 469 g/mol. The number of benzene rings is 2. The summed E-state index contributed by atoms with van der Waals surface area (Å²) in [6.45, 7) is 3.78. The van der Waals surface area contributed by atoms with E-state index in [-0.39, 0.29) is 18.3 Å². The first-order valence-corrected chi connectivity index (χ1v) is 11.7. The average Bonchev–Trinajstić information content (AvgIpc) is 3.57. The van der Waals surface area contributed by atoms with Crippen LogP contribution in [0.2, 0.25) is 0 Å². The average molecular weight is 470 g/mol. The molecule has 2 atom stereocenters. The highest BCUT2D eigenvalue weighted by Crippen LogP contribution is 2.49. The van der Waals surface area contributed by atoms with Gasteiger partial charge in [0, 0.05) is 30.1 Å². The van der Waals surface area contributed by atoms with Gasteiger partial charge in [0.1, 0.15) is 11.2 Å². The van der Waals surface area contributed by atoms with Crippen LogP contribution in [-0.2, 0) is 19.7 Å². The lowest BCUT2D eigenvalue weighted by Gasteiger charge is -2.32. The van der Waals surface area contributed by atoms with Gasteiger partial charge in [0.2, 0.25) is 5.91 Å². The van der Waals surface area contributed by atoms with Crippen LogP contribution < -0.4 is 5.32 Å². The minimum Gasteiger partial charge on any atom is -0.469 e. The zero-order chi connectivity index (χ0) is 24.6. The van der Waals surface area contributed by atoms with Crippen LogP contribution in [0.1, 0.15) is 41.8 Å². The maximum atomic E-state index is 13.8. The Balaban J connectivity index is 1.67. The molecule has 35 heavy (non-hydrogen) atoms. The van der Waals surface area contributed by atoms with Crippen molar-refractivity contribution in [3.63, 3.8) is 0 Å². The fraction of sp³-hybridized carbons (Fsp3) is 0.286. The van der Waals surface area contributed by atoms with Crippen LogP contribution in [0.3, 0.4) is 0 Å². The Labute approximate surface area is 203 Å². The van der Waals surface area contributed by atoms with Crippen LogP contribution in [0.15, 0.2) is 69.8 Å². The van der Waals surface area contributed by atoms with E-state index < -0.39 is 11.3 Å². The van der Waals surface area contributed by atoms with E-state index in [0.29, 0.717) is 18.6 Å². The molecule has 2 aliphatic heterocycles. The molecule has 0 spiro atoms. The van der Waals surface area contributed by atoms with Crippen LogP contribution in [-0.4, -0.2) is 30.4 Å². The minimum atomic E-state index is -1.07. The van der Waals surface area contributed by atoms with Crippen LogP contribution >= 0.6 is 0 Å². The van der Waals surface area contributed by atoms with E-state index in [0.717, 1.165) is 39.2 Å². The molecule has 178 valence electrons. The van der Waals surface area contributed by atoms with E-state index in [9.17, 15) is 9.59 Å². The zero-order valence-electron chi connectivity index (χ0n) is 20.0. The number of esters is 1. The number of fused-ring (bicyclic) bond motifs is 1. The number of hydrogen-bond donors (Lipinski definition) is 1. The highest BCUT2D eigenvalue weighted by atomic mass is 16.5. The summed E-state index contributed by atoms with van der Waals surface area (Å²) in [5, 5.41) is 7.17. The fourth-order valence-corrected chi connectivity index (χ4v) is 5.35. The van der Waals surface area contributed by atoms with E-state index >= 15 is 0 Å². The molecule has 3 heterocycles. The van der Waals surface area contributed by atoms with Gasteiger partial charge in [-0.2, -0.15) is 0 Å². The molecule has 1 amide bonds. The summed E-state index contributed by atoms with van der Waals surface area (Å²) in [7, 11) is 1.39. The third kappa shape index (κ3) is 3.87. The Bertz CT molecular complexity index is 1340. The number of aliphatic imine (C=N–C) groups is 1. The molecule has 0 aliphatic carbocycles. The van der Waals surface area contributed by atoms with Crippen molar-refractivity contribution >= 4 is 23.8 Å². The Hall–Kier alpha value is -4.00. The van der Waals surface area contributed by atoms with E-state index in [4.69, 9.17) is 9.26 Å². The Kier molecular flexibility index (Phi) is 5.84. The SMILES string of the molecule is COC(=O)[C@H](CC1=CN=CC1)CC1(c2ccccc2)C(=O)Nc2ccc(-c3c(C)noc3C)cc21. The molecular weight excluding hydrogens is 442 g/mol. The van der Waals surface area contributed by atoms with E-state index in [1.165, 1.54) is 7.11 Å². The van der Waals surface area contributed by atoms with Crippen molar-refractivity contribution in [3.8, 4) is 11.1 Å². The van der Waals surface area contributed by atoms with Gasteiger partial charge in [-0.1, -0.05) is 41.6 Å². The Morgan fingerprint density at radius 2 is 2.00 bits per heavy atom. The van der Waals surface area contributed by atoms with Gasteiger partial charge in [-0.05, 0) is 61.1 Å². The summed E-state index contributed by atoms with van der Waals surface area (Å²) in [4.78, 5) is 31.0. The molecule has 0 radical (unpaired) electrons. The van der Waals surface area contributed by atoms with Gasteiger partial charge >= 0.3 is 5.97 Å².